The van der Waals surface area contributed by atoms with Gasteiger partial charge in [0.1, 0.15) is 5.60 Å². The summed E-state index contributed by atoms with van der Waals surface area (Å²) in [6.07, 6.45) is -1.24. The molecule has 0 spiro atoms. The number of carbonyl (C=O) groups excluding carboxylic acids is 2. The Morgan fingerprint density at radius 1 is 0.935 bits per heavy atom. The molecule has 0 aliphatic carbocycles. The van der Waals surface area contributed by atoms with Gasteiger partial charge in [0, 0.05) is 23.7 Å². The van der Waals surface area contributed by atoms with Gasteiger partial charge in [-0.25, -0.2) is 9.69 Å². The van der Waals surface area contributed by atoms with Gasteiger partial charge in [-0.15, -0.1) is 20.4 Å². The highest BCUT2D eigenvalue weighted by atomic mass is 19.3. The number of amides is 2. The highest BCUT2D eigenvalue weighted by Gasteiger charge is 2.45. The Hall–Kier alpha value is -3.24. The molecule has 1 aromatic carbocycles. The molecule has 0 bridgehead atoms. The van der Waals surface area contributed by atoms with E-state index in [-0.39, 0.29) is 16.6 Å². The lowest BCUT2D eigenvalue weighted by Crippen LogP contribution is -2.44. The van der Waals surface area contributed by atoms with E-state index in [2.05, 4.69) is 25.7 Å². The molecule has 1 N–H and O–H groups in total. The molecule has 31 heavy (non-hydrogen) atoms. The van der Waals surface area contributed by atoms with Crippen LogP contribution in [0, 0.1) is 5.41 Å². The maximum absolute atomic E-state index is 14.6. The zero-order valence-corrected chi connectivity index (χ0v) is 18.5. The van der Waals surface area contributed by atoms with Gasteiger partial charge in [0.25, 0.3) is 5.82 Å². The van der Waals surface area contributed by atoms with Crippen molar-refractivity contribution in [2.24, 2.45) is 5.41 Å². The van der Waals surface area contributed by atoms with Crippen molar-refractivity contribution in [3.05, 3.63) is 30.1 Å². The van der Waals surface area contributed by atoms with Crippen molar-refractivity contribution in [2.45, 2.75) is 53.2 Å². The van der Waals surface area contributed by atoms with Crippen molar-refractivity contribution in [1.29, 1.82) is 0 Å². The minimum absolute atomic E-state index is 0.00756. The number of benzene rings is 1. The van der Waals surface area contributed by atoms with Crippen LogP contribution >= 0.6 is 0 Å². The lowest BCUT2D eigenvalue weighted by atomic mass is 9.95. The third kappa shape index (κ3) is 6.12. The Morgan fingerprint density at radius 3 is 1.90 bits per heavy atom. The molecular weight excluding hydrogens is 410 g/mol. The van der Waals surface area contributed by atoms with Crippen LogP contribution in [-0.2, 0) is 15.6 Å². The maximum Gasteiger partial charge on any atom is 0.415 e. The molecule has 2 aromatic rings. The number of aromatic nitrogens is 4. The third-order valence-corrected chi connectivity index (χ3v) is 3.92. The van der Waals surface area contributed by atoms with Gasteiger partial charge in [-0.2, -0.15) is 8.78 Å². The van der Waals surface area contributed by atoms with Crippen LogP contribution in [0.15, 0.2) is 24.3 Å². The minimum Gasteiger partial charge on any atom is -0.444 e. The van der Waals surface area contributed by atoms with Crippen molar-refractivity contribution in [2.75, 3.05) is 12.4 Å². The normalized spacial score (nSPS) is 12.3. The predicted octanol–water partition coefficient (Wildman–Crippen LogP) is 3.83. The zero-order chi connectivity index (χ0) is 23.6. The zero-order valence-electron chi connectivity index (χ0n) is 18.5. The largest absolute Gasteiger partial charge is 0.444 e. The number of hydrogen-bond acceptors (Lipinski definition) is 7. The van der Waals surface area contributed by atoms with Gasteiger partial charge < -0.3 is 10.1 Å². The fourth-order valence-electron chi connectivity index (χ4n) is 2.08. The van der Waals surface area contributed by atoms with Gasteiger partial charge in [-0.05, 0) is 45.0 Å². The number of halogens is 2. The Bertz CT molecular complexity index is 935. The highest BCUT2D eigenvalue weighted by Crippen LogP contribution is 2.29. The van der Waals surface area contributed by atoms with E-state index in [1.165, 1.54) is 0 Å². The number of alkyl halides is 2. The third-order valence-electron chi connectivity index (χ3n) is 3.92. The standard InChI is InChI=1S/C20H26F2N6O3/c1-18(2,3)16(29)23-13-10-8-12(9-11-13)14-24-26-15(27-25-14)20(21,22)28(7)17(30)31-19(4,5)6/h8-11H,1-7H3,(H,23,29). The second-order valence-corrected chi connectivity index (χ2v) is 8.91. The van der Waals surface area contributed by atoms with E-state index in [1.54, 1.807) is 65.8 Å². The van der Waals surface area contributed by atoms with Crippen LogP contribution in [-0.4, -0.2) is 49.9 Å². The quantitative estimate of drug-likeness (QED) is 0.725. The Labute approximate surface area is 179 Å². The molecule has 0 atom stereocenters. The maximum atomic E-state index is 14.6. The van der Waals surface area contributed by atoms with Crippen LogP contribution < -0.4 is 5.32 Å². The molecule has 2 rings (SSSR count). The van der Waals surface area contributed by atoms with E-state index >= 15 is 0 Å². The molecule has 0 radical (unpaired) electrons. The molecule has 2 amide bonds. The second-order valence-electron chi connectivity index (χ2n) is 8.91. The number of hydrogen-bond donors (Lipinski definition) is 1. The first kappa shape index (κ1) is 24.0. The van der Waals surface area contributed by atoms with Crippen molar-refractivity contribution >= 4 is 17.7 Å². The molecule has 0 aliphatic rings. The summed E-state index contributed by atoms with van der Waals surface area (Å²) in [6, 6.07) is 2.58. The van der Waals surface area contributed by atoms with Gasteiger partial charge in [0.2, 0.25) is 11.7 Å². The van der Waals surface area contributed by atoms with Gasteiger partial charge >= 0.3 is 12.1 Å². The number of nitrogens with zero attached hydrogens (tertiary/aromatic N) is 5. The first-order valence-electron chi connectivity index (χ1n) is 9.45. The summed E-state index contributed by atoms with van der Waals surface area (Å²) < 4.78 is 34.1. The number of rotatable bonds is 4. The van der Waals surface area contributed by atoms with E-state index in [0.717, 1.165) is 7.05 Å². The topological polar surface area (TPSA) is 110 Å². The van der Waals surface area contributed by atoms with Crippen LogP contribution in [0.4, 0.5) is 19.3 Å². The van der Waals surface area contributed by atoms with Crippen molar-refractivity contribution < 1.29 is 23.1 Å². The summed E-state index contributed by atoms with van der Waals surface area (Å²) in [6.45, 7) is 10.1. The Kier molecular flexibility index (Phi) is 6.57. The Balaban J connectivity index is 2.15. The summed E-state index contributed by atoms with van der Waals surface area (Å²) in [5, 5.41) is 17.0. The molecule has 0 saturated heterocycles. The summed E-state index contributed by atoms with van der Waals surface area (Å²) >= 11 is 0. The van der Waals surface area contributed by atoms with Crippen molar-refractivity contribution in [3.63, 3.8) is 0 Å². The summed E-state index contributed by atoms with van der Waals surface area (Å²) in [5.74, 6) is -1.19. The highest BCUT2D eigenvalue weighted by molar-refractivity contribution is 5.94. The average Bonchev–Trinajstić information content (AvgIpc) is 2.66. The fourth-order valence-corrected chi connectivity index (χ4v) is 2.08. The van der Waals surface area contributed by atoms with E-state index in [0.29, 0.717) is 11.3 Å². The van der Waals surface area contributed by atoms with Crippen LogP contribution in [0.1, 0.15) is 47.4 Å². The van der Waals surface area contributed by atoms with Crippen LogP contribution in [0.3, 0.4) is 0 Å². The van der Waals surface area contributed by atoms with E-state index in [4.69, 9.17) is 4.74 Å². The molecule has 1 heterocycles. The first-order chi connectivity index (χ1) is 14.1. The van der Waals surface area contributed by atoms with Gasteiger partial charge in [0.15, 0.2) is 0 Å². The van der Waals surface area contributed by atoms with Gasteiger partial charge in [-0.1, -0.05) is 20.8 Å². The SMILES string of the molecule is CN(C(=O)OC(C)(C)C)C(F)(F)c1nnc(-c2ccc(NC(=O)C(C)(C)C)cc2)nn1. The number of nitrogens with one attached hydrogen (secondary N) is 1. The fraction of sp³-hybridized carbons (Fsp3) is 0.500. The molecule has 0 saturated carbocycles. The van der Waals surface area contributed by atoms with E-state index < -0.39 is 29.0 Å². The van der Waals surface area contributed by atoms with E-state index in [1.807, 2.05) is 0 Å². The monoisotopic (exact) mass is 436 g/mol. The number of carbonyl (C=O) groups is 2. The molecule has 11 heteroatoms. The molecule has 0 aliphatic heterocycles. The first-order valence-corrected chi connectivity index (χ1v) is 9.45. The smallest absolute Gasteiger partial charge is 0.415 e. The molecule has 0 fully saturated rings. The van der Waals surface area contributed by atoms with Gasteiger partial charge in [0.05, 0.1) is 0 Å². The average molecular weight is 436 g/mol. The predicted molar refractivity (Wildman–Crippen MR) is 109 cm³/mol. The molecular formula is C20H26F2N6O3. The lowest BCUT2D eigenvalue weighted by Gasteiger charge is -2.28. The molecule has 0 unspecified atom stereocenters. The van der Waals surface area contributed by atoms with Crippen LogP contribution in [0.25, 0.3) is 11.4 Å². The van der Waals surface area contributed by atoms with Crippen molar-refractivity contribution in [1.82, 2.24) is 25.3 Å². The second kappa shape index (κ2) is 8.48. The molecule has 9 nitrogen and oxygen atoms in total. The van der Waals surface area contributed by atoms with Gasteiger partial charge in [-0.3, -0.25) is 4.79 Å². The Morgan fingerprint density at radius 2 is 1.45 bits per heavy atom. The van der Waals surface area contributed by atoms with E-state index in [9.17, 15) is 18.4 Å². The molecule has 168 valence electrons. The molecule has 1 aromatic heterocycles. The minimum atomic E-state index is -3.87. The van der Waals surface area contributed by atoms with Crippen LogP contribution in [0.2, 0.25) is 0 Å². The summed E-state index contributed by atoms with van der Waals surface area (Å²) in [5.41, 5.74) is -0.472. The summed E-state index contributed by atoms with van der Waals surface area (Å²) in [7, 11) is 0.871. The number of ether oxygens (including phenoxy) is 1. The van der Waals surface area contributed by atoms with Crippen molar-refractivity contribution in [3.8, 4) is 11.4 Å². The lowest BCUT2D eigenvalue weighted by molar-refractivity contribution is -0.143. The number of anilines is 1. The summed E-state index contributed by atoms with van der Waals surface area (Å²) in [4.78, 5) is 24.1. The van der Waals surface area contributed by atoms with Crippen LogP contribution in [0.5, 0.6) is 0 Å².